The van der Waals surface area contributed by atoms with Gasteiger partial charge in [0.25, 0.3) is 0 Å². The first-order chi connectivity index (χ1) is 11.6. The molecule has 1 aromatic heterocycles. The van der Waals surface area contributed by atoms with Crippen LogP contribution < -0.4 is 10.2 Å². The van der Waals surface area contributed by atoms with Gasteiger partial charge in [-0.2, -0.15) is 0 Å². The van der Waals surface area contributed by atoms with E-state index in [2.05, 4.69) is 47.1 Å². The number of H-pyrrole nitrogens is 1. The molecule has 1 fully saturated rings. The fourth-order valence-corrected chi connectivity index (χ4v) is 3.76. The number of benzene rings is 1. The van der Waals surface area contributed by atoms with Crippen LogP contribution in [0.1, 0.15) is 32.8 Å². The number of anilines is 1. The van der Waals surface area contributed by atoms with Crippen LogP contribution in [-0.4, -0.2) is 40.8 Å². The van der Waals surface area contributed by atoms with Gasteiger partial charge in [0.05, 0.1) is 17.1 Å². The van der Waals surface area contributed by atoms with Crippen LogP contribution in [0.5, 0.6) is 0 Å². The summed E-state index contributed by atoms with van der Waals surface area (Å²) in [5.41, 5.74) is 2.55. The van der Waals surface area contributed by atoms with Crippen molar-refractivity contribution < 1.29 is 9.53 Å². The second-order valence-electron chi connectivity index (χ2n) is 7.33. The summed E-state index contributed by atoms with van der Waals surface area (Å²) in [6.45, 7) is 9.17. The highest BCUT2D eigenvalue weighted by Gasteiger charge is 2.28. The van der Waals surface area contributed by atoms with E-state index in [-0.39, 0.29) is 12.1 Å². The number of nitrogens with one attached hydrogen (secondary N) is 2. The molecule has 8 heteroatoms. The number of aromatic amines is 1. The molecule has 6 nitrogen and oxygen atoms in total. The van der Waals surface area contributed by atoms with Gasteiger partial charge in [-0.3, -0.25) is 0 Å². The number of amides is 1. The van der Waals surface area contributed by atoms with Gasteiger partial charge in [0.1, 0.15) is 5.60 Å². The van der Waals surface area contributed by atoms with Gasteiger partial charge in [-0.05, 0) is 77.6 Å². The number of carbonyl (C=O) groups excluding carboxylic acids is 1. The molecule has 3 rings (SSSR count). The molecule has 0 saturated carbocycles. The van der Waals surface area contributed by atoms with Crippen LogP contribution in [0.2, 0.25) is 0 Å². The van der Waals surface area contributed by atoms with Crippen molar-refractivity contribution in [2.24, 2.45) is 0 Å². The van der Waals surface area contributed by atoms with Crippen molar-refractivity contribution in [3.63, 3.8) is 0 Å². The molecule has 136 valence electrons. The Labute approximate surface area is 164 Å². The number of aryl methyl sites for hydroxylation is 1. The molecule has 0 bridgehead atoms. The highest BCUT2D eigenvalue weighted by Crippen LogP contribution is 2.33. The lowest BCUT2D eigenvalue weighted by Crippen LogP contribution is -2.40. The average molecular weight is 474 g/mol. The summed E-state index contributed by atoms with van der Waals surface area (Å²) < 4.78 is 7.34. The maximum atomic E-state index is 11.9. The Hall–Kier alpha value is -1.28. The van der Waals surface area contributed by atoms with Crippen LogP contribution >= 0.6 is 31.9 Å². The molecule has 0 spiro atoms. The lowest BCUT2D eigenvalue weighted by molar-refractivity contribution is 0.0509. The van der Waals surface area contributed by atoms with Crippen molar-refractivity contribution in [2.75, 3.05) is 18.0 Å². The van der Waals surface area contributed by atoms with E-state index in [1.54, 1.807) is 0 Å². The Morgan fingerprint density at radius 1 is 1.44 bits per heavy atom. The number of aromatic nitrogens is 2. The van der Waals surface area contributed by atoms with Crippen LogP contribution in [0.25, 0.3) is 11.0 Å². The van der Waals surface area contributed by atoms with E-state index in [1.165, 1.54) is 0 Å². The Kier molecular flexibility index (Phi) is 5.03. The average Bonchev–Trinajstić information content (AvgIpc) is 3.09. The molecule has 0 aliphatic carbocycles. The Morgan fingerprint density at radius 2 is 2.16 bits per heavy atom. The molecule has 2 aromatic rings. The number of hydrogen-bond donors (Lipinski definition) is 2. The summed E-state index contributed by atoms with van der Waals surface area (Å²) in [7, 11) is 0. The van der Waals surface area contributed by atoms with Gasteiger partial charge in [-0.25, -0.2) is 9.78 Å². The molecule has 1 aliphatic heterocycles. The van der Waals surface area contributed by atoms with Gasteiger partial charge in [-0.1, -0.05) is 0 Å². The molecule has 2 N–H and O–H groups in total. The minimum Gasteiger partial charge on any atom is -0.444 e. The predicted octanol–water partition coefficient (Wildman–Crippen LogP) is 4.50. The number of carbonyl (C=O) groups is 1. The van der Waals surface area contributed by atoms with Crippen LogP contribution in [0, 0.1) is 6.92 Å². The molecule has 1 aromatic carbocycles. The van der Waals surface area contributed by atoms with E-state index in [1.807, 2.05) is 33.8 Å². The van der Waals surface area contributed by atoms with Gasteiger partial charge in [-0.15, -0.1) is 0 Å². The summed E-state index contributed by atoms with van der Waals surface area (Å²) >= 11 is 7.13. The largest absolute Gasteiger partial charge is 0.444 e. The number of ether oxygens (including phenoxy) is 1. The Bertz CT molecular complexity index is 813. The van der Waals surface area contributed by atoms with Crippen LogP contribution in [0.15, 0.2) is 15.0 Å². The highest BCUT2D eigenvalue weighted by atomic mass is 79.9. The smallest absolute Gasteiger partial charge is 0.407 e. The number of alkyl carbamates (subject to hydrolysis) is 1. The van der Waals surface area contributed by atoms with Crippen molar-refractivity contribution in [2.45, 2.75) is 45.8 Å². The SMILES string of the molecule is Cc1c(Br)c(Br)cc2[nH]c(N3CCC(NC(=O)OC(C)(C)C)C3)nc12. The topological polar surface area (TPSA) is 70.2 Å². The van der Waals surface area contributed by atoms with E-state index < -0.39 is 5.60 Å². The second kappa shape index (κ2) is 6.79. The monoisotopic (exact) mass is 472 g/mol. The Morgan fingerprint density at radius 3 is 2.84 bits per heavy atom. The number of fused-ring (bicyclic) bond motifs is 1. The van der Waals surface area contributed by atoms with E-state index in [0.717, 1.165) is 44.5 Å². The third-order valence-electron chi connectivity index (χ3n) is 4.09. The zero-order valence-electron chi connectivity index (χ0n) is 14.7. The summed E-state index contributed by atoms with van der Waals surface area (Å²) in [5, 5.41) is 2.94. The molecule has 1 aliphatic rings. The molecule has 1 unspecified atom stereocenters. The molecule has 2 heterocycles. The second-order valence-corrected chi connectivity index (χ2v) is 8.98. The number of imidazole rings is 1. The summed E-state index contributed by atoms with van der Waals surface area (Å²) in [5.74, 6) is 0.830. The van der Waals surface area contributed by atoms with Crippen molar-refractivity contribution in [1.82, 2.24) is 15.3 Å². The van der Waals surface area contributed by atoms with Crippen LogP contribution in [0.4, 0.5) is 10.7 Å². The van der Waals surface area contributed by atoms with Gasteiger partial charge < -0.3 is 19.9 Å². The number of rotatable bonds is 2. The molecule has 25 heavy (non-hydrogen) atoms. The van der Waals surface area contributed by atoms with Gasteiger partial charge in [0.2, 0.25) is 5.95 Å². The third-order valence-corrected chi connectivity index (χ3v) is 6.27. The summed E-state index contributed by atoms with van der Waals surface area (Å²) in [4.78, 5) is 22.2. The normalized spacial score (nSPS) is 18.0. The van der Waals surface area contributed by atoms with Gasteiger partial charge >= 0.3 is 6.09 Å². The first kappa shape index (κ1) is 18.5. The van der Waals surface area contributed by atoms with E-state index in [9.17, 15) is 4.79 Å². The zero-order chi connectivity index (χ0) is 18.4. The maximum absolute atomic E-state index is 11.9. The number of nitrogens with zero attached hydrogens (tertiary/aromatic N) is 2. The van der Waals surface area contributed by atoms with Crippen LogP contribution in [-0.2, 0) is 4.74 Å². The number of hydrogen-bond acceptors (Lipinski definition) is 4. The lowest BCUT2D eigenvalue weighted by atomic mass is 10.2. The lowest BCUT2D eigenvalue weighted by Gasteiger charge is -2.22. The van der Waals surface area contributed by atoms with Gasteiger partial charge in [0.15, 0.2) is 0 Å². The summed E-state index contributed by atoms with van der Waals surface area (Å²) in [6, 6.07) is 2.08. The first-order valence-corrected chi connectivity index (χ1v) is 9.81. The predicted molar refractivity (Wildman–Crippen MR) is 106 cm³/mol. The van der Waals surface area contributed by atoms with E-state index in [0.29, 0.717) is 6.54 Å². The standard InChI is InChI=1S/C17H22Br2N4O2/c1-9-13(19)11(18)7-12-14(9)22-15(21-12)23-6-5-10(8-23)20-16(24)25-17(2,3)4/h7,10H,5-6,8H2,1-4H3,(H,20,24)(H,21,22). The Balaban J connectivity index is 1.71. The third kappa shape index (κ3) is 4.11. The fourth-order valence-electron chi connectivity index (χ4n) is 2.93. The molecule has 1 atom stereocenters. The molecule has 1 saturated heterocycles. The molecule has 0 radical (unpaired) electrons. The van der Waals surface area contributed by atoms with Crippen molar-refractivity contribution >= 4 is 54.9 Å². The van der Waals surface area contributed by atoms with Gasteiger partial charge in [0, 0.05) is 22.0 Å². The van der Waals surface area contributed by atoms with Crippen LogP contribution in [0.3, 0.4) is 0 Å². The van der Waals surface area contributed by atoms with Crippen molar-refractivity contribution in [1.29, 1.82) is 0 Å². The maximum Gasteiger partial charge on any atom is 0.407 e. The quantitative estimate of drug-likeness (QED) is 0.673. The fraction of sp³-hybridized carbons (Fsp3) is 0.529. The molecule has 1 amide bonds. The zero-order valence-corrected chi connectivity index (χ0v) is 17.9. The number of halogens is 2. The molecular weight excluding hydrogens is 452 g/mol. The minimum atomic E-state index is -0.487. The summed E-state index contributed by atoms with van der Waals surface area (Å²) in [6.07, 6.45) is 0.496. The van der Waals surface area contributed by atoms with Crippen molar-refractivity contribution in [3.05, 3.63) is 20.6 Å². The molecular formula is C17H22Br2N4O2. The first-order valence-electron chi connectivity index (χ1n) is 8.23. The van der Waals surface area contributed by atoms with E-state index in [4.69, 9.17) is 9.72 Å². The van der Waals surface area contributed by atoms with Crippen molar-refractivity contribution in [3.8, 4) is 0 Å². The highest BCUT2D eigenvalue weighted by molar-refractivity contribution is 9.13. The van der Waals surface area contributed by atoms with E-state index >= 15 is 0 Å². The minimum absolute atomic E-state index is 0.0580.